The summed E-state index contributed by atoms with van der Waals surface area (Å²) in [5.41, 5.74) is 7.02. The van der Waals surface area contributed by atoms with Crippen LogP contribution in [0.3, 0.4) is 0 Å². The third-order valence-corrected chi connectivity index (χ3v) is 2.16. The van der Waals surface area contributed by atoms with Crippen molar-refractivity contribution in [1.82, 2.24) is 9.78 Å². The molecule has 0 atom stereocenters. The molecule has 0 fully saturated rings. The fourth-order valence-electron chi connectivity index (χ4n) is 1.47. The maximum Gasteiger partial charge on any atom is 0.435 e. The van der Waals surface area contributed by atoms with Crippen LogP contribution in [0.1, 0.15) is 13.8 Å². The van der Waals surface area contributed by atoms with Crippen molar-refractivity contribution in [1.29, 1.82) is 0 Å². The summed E-state index contributed by atoms with van der Waals surface area (Å²) in [7, 11) is 0. The first-order valence-corrected chi connectivity index (χ1v) is 5.03. The average Bonchev–Trinajstić information content (AvgIpc) is 2.61. The van der Waals surface area contributed by atoms with Gasteiger partial charge in [-0.1, -0.05) is 6.07 Å². The molecule has 0 saturated heterocycles. The predicted octanol–water partition coefficient (Wildman–Crippen LogP) is 2.01. The van der Waals surface area contributed by atoms with Crippen molar-refractivity contribution in [3.63, 3.8) is 0 Å². The zero-order valence-electron chi connectivity index (χ0n) is 9.18. The Labute approximate surface area is 92.8 Å². The van der Waals surface area contributed by atoms with Gasteiger partial charge in [-0.25, -0.2) is 4.79 Å². The van der Waals surface area contributed by atoms with Crippen molar-refractivity contribution in [2.75, 3.05) is 5.73 Å². The molecule has 0 aliphatic heterocycles. The summed E-state index contributed by atoms with van der Waals surface area (Å²) in [5.74, 6) is 0. The molecule has 2 rings (SSSR count). The molecule has 5 nitrogen and oxygen atoms in total. The van der Waals surface area contributed by atoms with E-state index in [9.17, 15) is 4.79 Å². The SMILES string of the molecule is CC(C)OC(=O)n1ncc2c(N)cccc21. The molecule has 2 N–H and O–H groups in total. The maximum absolute atomic E-state index is 11.7. The number of nitrogens with zero attached hydrogens (tertiary/aromatic N) is 2. The number of carbonyl (C=O) groups is 1. The molecule has 0 aliphatic carbocycles. The highest BCUT2D eigenvalue weighted by Gasteiger charge is 2.13. The van der Waals surface area contributed by atoms with E-state index in [-0.39, 0.29) is 6.10 Å². The lowest BCUT2D eigenvalue weighted by atomic mass is 10.2. The van der Waals surface area contributed by atoms with Crippen molar-refractivity contribution < 1.29 is 9.53 Å². The number of carbonyl (C=O) groups excluding carboxylic acids is 1. The van der Waals surface area contributed by atoms with Gasteiger partial charge in [-0.15, -0.1) is 0 Å². The summed E-state index contributed by atoms with van der Waals surface area (Å²) in [5, 5.41) is 4.72. The van der Waals surface area contributed by atoms with Crippen LogP contribution in [-0.2, 0) is 4.74 Å². The molecule has 84 valence electrons. The molecule has 5 heteroatoms. The molecule has 0 spiro atoms. The average molecular weight is 219 g/mol. The van der Waals surface area contributed by atoms with E-state index in [4.69, 9.17) is 10.5 Å². The number of hydrogen-bond acceptors (Lipinski definition) is 4. The van der Waals surface area contributed by atoms with Gasteiger partial charge in [-0.3, -0.25) is 0 Å². The Morgan fingerprint density at radius 1 is 1.50 bits per heavy atom. The minimum absolute atomic E-state index is 0.173. The number of anilines is 1. The topological polar surface area (TPSA) is 70.1 Å². The highest BCUT2D eigenvalue weighted by Crippen LogP contribution is 2.20. The summed E-state index contributed by atoms with van der Waals surface area (Å²) in [6, 6.07) is 5.32. The van der Waals surface area contributed by atoms with Crippen molar-refractivity contribution in [3.05, 3.63) is 24.4 Å². The van der Waals surface area contributed by atoms with Gasteiger partial charge >= 0.3 is 6.09 Å². The number of ether oxygens (including phenoxy) is 1. The number of aromatic nitrogens is 2. The summed E-state index contributed by atoms with van der Waals surface area (Å²) in [6.07, 6.45) is 0.898. The number of nitrogen functional groups attached to an aromatic ring is 1. The van der Waals surface area contributed by atoms with Crippen LogP contribution < -0.4 is 5.73 Å². The maximum atomic E-state index is 11.7. The van der Waals surface area contributed by atoms with Gasteiger partial charge in [0.1, 0.15) is 0 Å². The van der Waals surface area contributed by atoms with Crippen LogP contribution in [0.5, 0.6) is 0 Å². The zero-order valence-corrected chi connectivity index (χ0v) is 9.18. The normalized spacial score (nSPS) is 10.9. The smallest absolute Gasteiger partial charge is 0.435 e. The molecule has 1 aromatic carbocycles. The van der Waals surface area contributed by atoms with Crippen LogP contribution >= 0.6 is 0 Å². The molecular weight excluding hydrogens is 206 g/mol. The summed E-state index contributed by atoms with van der Waals surface area (Å²) in [4.78, 5) is 11.7. The summed E-state index contributed by atoms with van der Waals surface area (Å²) >= 11 is 0. The molecule has 0 aliphatic rings. The van der Waals surface area contributed by atoms with E-state index in [1.807, 2.05) is 0 Å². The third-order valence-electron chi connectivity index (χ3n) is 2.16. The van der Waals surface area contributed by atoms with Crippen LogP contribution in [0, 0.1) is 0 Å². The Morgan fingerprint density at radius 3 is 2.94 bits per heavy atom. The van der Waals surface area contributed by atoms with Gasteiger partial charge < -0.3 is 10.5 Å². The fourth-order valence-corrected chi connectivity index (χ4v) is 1.47. The van der Waals surface area contributed by atoms with Gasteiger partial charge in [0.2, 0.25) is 0 Å². The predicted molar refractivity (Wildman–Crippen MR) is 61.2 cm³/mol. The minimum Gasteiger partial charge on any atom is -0.445 e. The van der Waals surface area contributed by atoms with Gasteiger partial charge in [-0.05, 0) is 26.0 Å². The molecule has 0 amide bonds. The molecule has 1 aromatic heterocycles. The van der Waals surface area contributed by atoms with Crippen LogP contribution in [-0.4, -0.2) is 22.0 Å². The fraction of sp³-hybridized carbons (Fsp3) is 0.273. The monoisotopic (exact) mass is 219 g/mol. The van der Waals surface area contributed by atoms with Gasteiger partial charge in [0.05, 0.1) is 17.8 Å². The third kappa shape index (κ3) is 1.71. The number of nitrogens with two attached hydrogens (primary N) is 1. The Kier molecular flexibility index (Phi) is 2.52. The Bertz CT molecular complexity index is 531. The molecule has 16 heavy (non-hydrogen) atoms. The van der Waals surface area contributed by atoms with Crippen molar-refractivity contribution in [2.45, 2.75) is 20.0 Å². The lowest BCUT2D eigenvalue weighted by Gasteiger charge is -2.07. The number of rotatable bonds is 1. The Morgan fingerprint density at radius 2 is 2.25 bits per heavy atom. The van der Waals surface area contributed by atoms with E-state index < -0.39 is 6.09 Å². The van der Waals surface area contributed by atoms with Crippen LogP contribution in [0.4, 0.5) is 10.5 Å². The standard InChI is InChI=1S/C11H13N3O2/c1-7(2)16-11(15)14-10-5-3-4-9(12)8(10)6-13-14/h3-7H,12H2,1-2H3. The quantitative estimate of drug-likeness (QED) is 0.745. The second kappa shape index (κ2) is 3.84. The molecule has 0 bridgehead atoms. The van der Waals surface area contributed by atoms with E-state index in [0.717, 1.165) is 5.39 Å². The Balaban J connectivity index is 2.46. The van der Waals surface area contributed by atoms with E-state index in [1.165, 1.54) is 4.68 Å². The second-order valence-electron chi connectivity index (χ2n) is 3.77. The molecule has 2 aromatic rings. The molecule has 0 unspecified atom stereocenters. The first-order chi connectivity index (χ1) is 7.59. The number of fused-ring (bicyclic) bond motifs is 1. The minimum atomic E-state index is -0.490. The van der Waals surface area contributed by atoms with Gasteiger partial charge in [0, 0.05) is 11.1 Å². The largest absolute Gasteiger partial charge is 0.445 e. The van der Waals surface area contributed by atoms with Crippen LogP contribution in [0.15, 0.2) is 24.4 Å². The number of hydrogen-bond donors (Lipinski definition) is 1. The molecule has 1 heterocycles. The first-order valence-electron chi connectivity index (χ1n) is 5.03. The van der Waals surface area contributed by atoms with Crippen molar-refractivity contribution >= 4 is 22.7 Å². The Hall–Kier alpha value is -2.04. The highest BCUT2D eigenvalue weighted by atomic mass is 16.6. The zero-order chi connectivity index (χ0) is 11.7. The first kappa shape index (κ1) is 10.5. The van der Waals surface area contributed by atoms with Gasteiger partial charge in [-0.2, -0.15) is 9.78 Å². The van der Waals surface area contributed by atoms with Gasteiger partial charge in [0.15, 0.2) is 0 Å². The molecule has 0 radical (unpaired) electrons. The summed E-state index contributed by atoms with van der Waals surface area (Å²) in [6.45, 7) is 3.58. The molecular formula is C11H13N3O2. The number of benzene rings is 1. The highest BCUT2D eigenvalue weighted by molar-refractivity contribution is 5.94. The van der Waals surface area contributed by atoms with Crippen molar-refractivity contribution in [2.24, 2.45) is 0 Å². The van der Waals surface area contributed by atoms with Gasteiger partial charge in [0.25, 0.3) is 0 Å². The van der Waals surface area contributed by atoms with Crippen molar-refractivity contribution in [3.8, 4) is 0 Å². The van der Waals surface area contributed by atoms with E-state index in [0.29, 0.717) is 11.2 Å². The van der Waals surface area contributed by atoms with E-state index >= 15 is 0 Å². The lowest BCUT2D eigenvalue weighted by Crippen LogP contribution is -2.18. The van der Waals surface area contributed by atoms with E-state index in [1.54, 1.807) is 38.2 Å². The summed E-state index contributed by atoms with van der Waals surface area (Å²) < 4.78 is 6.28. The lowest BCUT2D eigenvalue weighted by molar-refractivity contribution is 0.115. The molecule has 0 saturated carbocycles. The van der Waals surface area contributed by atoms with Crippen LogP contribution in [0.25, 0.3) is 10.9 Å². The van der Waals surface area contributed by atoms with E-state index in [2.05, 4.69) is 5.10 Å². The second-order valence-corrected chi connectivity index (χ2v) is 3.77. The van der Waals surface area contributed by atoms with Crippen LogP contribution in [0.2, 0.25) is 0 Å².